The van der Waals surface area contributed by atoms with Gasteiger partial charge in [0.25, 0.3) is 0 Å². The molecule has 5 nitrogen and oxygen atoms in total. The molecular formula is C23H31N5. The normalized spacial score (nSPS) is 21.4. The molecule has 0 bridgehead atoms. The lowest BCUT2D eigenvalue weighted by Gasteiger charge is -2.43. The first-order chi connectivity index (χ1) is 13.8. The van der Waals surface area contributed by atoms with Crippen LogP contribution in [0.15, 0.2) is 30.6 Å². The lowest BCUT2D eigenvalue weighted by atomic mass is 9.91. The summed E-state index contributed by atoms with van der Waals surface area (Å²) in [5.41, 5.74) is 5.34. The SMILES string of the molecule is Cc1cccc(CN2CCc3c(ncnc3N3CCN(C4CCC4)CC3)C2)c1. The summed E-state index contributed by atoms with van der Waals surface area (Å²) in [6, 6.07) is 9.71. The van der Waals surface area contributed by atoms with E-state index in [2.05, 4.69) is 50.9 Å². The fourth-order valence-corrected chi connectivity index (χ4v) is 4.92. The van der Waals surface area contributed by atoms with Crippen molar-refractivity contribution in [1.29, 1.82) is 0 Å². The molecule has 1 aromatic carbocycles. The van der Waals surface area contributed by atoms with Gasteiger partial charge in [-0.25, -0.2) is 9.97 Å². The highest BCUT2D eigenvalue weighted by Crippen LogP contribution is 2.29. The zero-order chi connectivity index (χ0) is 18.9. The second-order valence-electron chi connectivity index (χ2n) is 8.68. The molecular weight excluding hydrogens is 346 g/mol. The average Bonchev–Trinajstić information content (AvgIpc) is 2.67. The number of piperazine rings is 1. The van der Waals surface area contributed by atoms with Gasteiger partial charge in [-0.15, -0.1) is 0 Å². The Morgan fingerprint density at radius 1 is 1.04 bits per heavy atom. The number of fused-ring (bicyclic) bond motifs is 1. The van der Waals surface area contributed by atoms with Gasteiger partial charge in [0.2, 0.25) is 0 Å². The third kappa shape index (κ3) is 3.65. The molecule has 2 aromatic rings. The van der Waals surface area contributed by atoms with Gasteiger partial charge in [-0.2, -0.15) is 0 Å². The maximum absolute atomic E-state index is 4.72. The third-order valence-corrected chi connectivity index (χ3v) is 6.76. The van der Waals surface area contributed by atoms with Crippen molar-refractivity contribution >= 4 is 5.82 Å². The van der Waals surface area contributed by atoms with E-state index in [0.717, 1.165) is 45.2 Å². The number of nitrogens with zero attached hydrogens (tertiary/aromatic N) is 5. The summed E-state index contributed by atoms with van der Waals surface area (Å²) in [5, 5.41) is 0. The van der Waals surface area contributed by atoms with Gasteiger partial charge in [0.05, 0.1) is 5.69 Å². The van der Waals surface area contributed by atoms with Gasteiger partial charge in [0.15, 0.2) is 0 Å². The molecule has 0 radical (unpaired) electrons. The van der Waals surface area contributed by atoms with Crippen LogP contribution < -0.4 is 4.90 Å². The summed E-state index contributed by atoms with van der Waals surface area (Å²) in [5.74, 6) is 1.20. The highest BCUT2D eigenvalue weighted by Gasteiger charge is 2.30. The van der Waals surface area contributed by atoms with E-state index < -0.39 is 0 Å². The topological polar surface area (TPSA) is 35.5 Å². The molecule has 0 amide bonds. The van der Waals surface area contributed by atoms with Crippen LogP contribution in [-0.2, 0) is 19.5 Å². The van der Waals surface area contributed by atoms with Gasteiger partial charge in [-0.05, 0) is 31.7 Å². The molecule has 2 fully saturated rings. The van der Waals surface area contributed by atoms with E-state index in [1.54, 1.807) is 6.33 Å². The van der Waals surface area contributed by atoms with Crippen molar-refractivity contribution in [1.82, 2.24) is 19.8 Å². The number of benzene rings is 1. The standard InChI is InChI=1S/C23H31N5/c1-18-4-2-5-19(14-18)15-26-9-8-21-22(16-26)24-17-25-23(21)28-12-10-27(11-13-28)20-6-3-7-20/h2,4-5,14,17,20H,3,6-13,15-16H2,1H3. The number of anilines is 1. The van der Waals surface area contributed by atoms with Crippen molar-refractivity contribution in [3.8, 4) is 0 Å². The van der Waals surface area contributed by atoms with Crippen LogP contribution in [0.3, 0.4) is 0 Å². The highest BCUT2D eigenvalue weighted by atomic mass is 15.3. The molecule has 0 spiro atoms. The minimum Gasteiger partial charge on any atom is -0.354 e. The van der Waals surface area contributed by atoms with Crippen LogP contribution in [0.2, 0.25) is 0 Å². The van der Waals surface area contributed by atoms with E-state index in [1.165, 1.54) is 60.6 Å². The summed E-state index contributed by atoms with van der Waals surface area (Å²) in [6.45, 7) is 9.76. The highest BCUT2D eigenvalue weighted by molar-refractivity contribution is 5.50. The lowest BCUT2D eigenvalue weighted by molar-refractivity contribution is 0.120. The van der Waals surface area contributed by atoms with Gasteiger partial charge in [0.1, 0.15) is 12.1 Å². The molecule has 1 saturated carbocycles. The Morgan fingerprint density at radius 2 is 1.89 bits per heavy atom. The Balaban J connectivity index is 1.26. The van der Waals surface area contributed by atoms with Crippen molar-refractivity contribution in [3.63, 3.8) is 0 Å². The van der Waals surface area contributed by atoms with Crippen LogP contribution in [0.1, 0.15) is 41.6 Å². The Morgan fingerprint density at radius 3 is 2.64 bits per heavy atom. The van der Waals surface area contributed by atoms with Crippen LogP contribution in [0.5, 0.6) is 0 Å². The van der Waals surface area contributed by atoms with Crippen LogP contribution in [-0.4, -0.2) is 58.5 Å². The van der Waals surface area contributed by atoms with E-state index in [9.17, 15) is 0 Å². The number of aryl methyl sites for hydroxylation is 1. The second kappa shape index (κ2) is 7.80. The summed E-state index contributed by atoms with van der Waals surface area (Å²) >= 11 is 0. The zero-order valence-corrected chi connectivity index (χ0v) is 17.0. The molecule has 28 heavy (non-hydrogen) atoms. The number of hydrogen-bond acceptors (Lipinski definition) is 5. The number of hydrogen-bond donors (Lipinski definition) is 0. The summed E-state index contributed by atoms with van der Waals surface area (Å²) < 4.78 is 0. The Hall–Kier alpha value is -1.98. The fourth-order valence-electron chi connectivity index (χ4n) is 4.92. The molecule has 2 aliphatic heterocycles. The first-order valence-corrected chi connectivity index (χ1v) is 10.9. The molecule has 1 saturated heterocycles. The third-order valence-electron chi connectivity index (χ3n) is 6.76. The molecule has 0 unspecified atom stereocenters. The fraction of sp³-hybridized carbons (Fsp3) is 0.565. The van der Waals surface area contributed by atoms with Crippen LogP contribution in [0.25, 0.3) is 0 Å². The molecule has 5 rings (SSSR count). The quantitative estimate of drug-likeness (QED) is 0.818. The minimum atomic E-state index is 0.858. The minimum absolute atomic E-state index is 0.858. The largest absolute Gasteiger partial charge is 0.354 e. The van der Waals surface area contributed by atoms with Crippen molar-refractivity contribution in [2.75, 3.05) is 37.6 Å². The molecule has 3 aliphatic rings. The van der Waals surface area contributed by atoms with Crippen molar-refractivity contribution in [2.24, 2.45) is 0 Å². The predicted octanol–water partition coefficient (Wildman–Crippen LogP) is 3.02. The first-order valence-electron chi connectivity index (χ1n) is 10.9. The molecule has 0 atom stereocenters. The van der Waals surface area contributed by atoms with Crippen molar-refractivity contribution < 1.29 is 0 Å². The molecule has 1 aromatic heterocycles. The van der Waals surface area contributed by atoms with Crippen LogP contribution in [0, 0.1) is 6.92 Å². The Kier molecular flexibility index (Phi) is 5.03. The summed E-state index contributed by atoms with van der Waals surface area (Å²) in [4.78, 5) is 17.1. The average molecular weight is 378 g/mol. The van der Waals surface area contributed by atoms with Crippen molar-refractivity contribution in [3.05, 3.63) is 53.0 Å². The molecule has 5 heteroatoms. The van der Waals surface area contributed by atoms with Gasteiger partial charge in [-0.3, -0.25) is 9.80 Å². The summed E-state index contributed by atoms with van der Waals surface area (Å²) in [7, 11) is 0. The second-order valence-corrected chi connectivity index (χ2v) is 8.68. The van der Waals surface area contributed by atoms with E-state index in [4.69, 9.17) is 4.98 Å². The van der Waals surface area contributed by atoms with Gasteiger partial charge < -0.3 is 4.90 Å². The van der Waals surface area contributed by atoms with Gasteiger partial charge in [-0.1, -0.05) is 36.2 Å². The van der Waals surface area contributed by atoms with Crippen molar-refractivity contribution in [2.45, 2.75) is 51.7 Å². The Bertz CT molecular complexity index is 823. The number of aromatic nitrogens is 2. The first kappa shape index (κ1) is 18.1. The van der Waals surface area contributed by atoms with E-state index in [1.807, 2.05) is 0 Å². The zero-order valence-electron chi connectivity index (χ0n) is 17.0. The molecule has 3 heterocycles. The lowest BCUT2D eigenvalue weighted by Crippen LogP contribution is -2.52. The van der Waals surface area contributed by atoms with Gasteiger partial charge >= 0.3 is 0 Å². The predicted molar refractivity (Wildman–Crippen MR) is 112 cm³/mol. The van der Waals surface area contributed by atoms with Crippen LogP contribution >= 0.6 is 0 Å². The summed E-state index contributed by atoms with van der Waals surface area (Å²) in [6.07, 6.45) is 7.06. The number of rotatable bonds is 4. The molecule has 148 valence electrons. The Labute approximate surface area is 168 Å². The smallest absolute Gasteiger partial charge is 0.135 e. The van der Waals surface area contributed by atoms with E-state index in [-0.39, 0.29) is 0 Å². The maximum Gasteiger partial charge on any atom is 0.135 e. The monoisotopic (exact) mass is 377 g/mol. The molecule has 1 aliphatic carbocycles. The van der Waals surface area contributed by atoms with E-state index >= 15 is 0 Å². The molecule has 0 N–H and O–H groups in total. The maximum atomic E-state index is 4.72. The van der Waals surface area contributed by atoms with Gasteiger partial charge in [0, 0.05) is 57.4 Å². The van der Waals surface area contributed by atoms with E-state index in [0.29, 0.717) is 0 Å². The van der Waals surface area contributed by atoms with Crippen LogP contribution in [0.4, 0.5) is 5.82 Å².